The minimum absolute atomic E-state index is 0.138. The van der Waals surface area contributed by atoms with Crippen LogP contribution in [0.25, 0.3) is 5.78 Å². The molecule has 0 atom stereocenters. The number of rotatable bonds is 5. The number of aromatic nitrogens is 5. The molecule has 7 nitrogen and oxygen atoms in total. The fraction of sp³-hybridized carbons (Fsp3) is 0.400. The average molecular weight is 330 g/mol. The molecule has 0 fully saturated rings. The van der Waals surface area contributed by atoms with Gasteiger partial charge in [-0.15, -0.1) is 16.4 Å². The number of carbonyl (C=O) groups is 1. The topological polar surface area (TPSA) is 85.1 Å². The van der Waals surface area contributed by atoms with E-state index in [1.54, 1.807) is 15.9 Å². The number of nitrogens with zero attached hydrogens (tertiary/aromatic N) is 5. The second-order valence-electron chi connectivity index (χ2n) is 5.28. The van der Waals surface area contributed by atoms with E-state index in [4.69, 9.17) is 0 Å². The lowest BCUT2D eigenvalue weighted by atomic mass is 10.3. The van der Waals surface area contributed by atoms with Gasteiger partial charge in [0.2, 0.25) is 5.82 Å². The number of thiazole rings is 1. The molecule has 0 aliphatic rings. The number of carbonyl (C=O) groups excluding carboxylic acids is 1. The third-order valence-corrected chi connectivity index (χ3v) is 4.43. The normalized spacial score (nSPS) is 11.1. The van der Waals surface area contributed by atoms with Gasteiger partial charge >= 0.3 is 0 Å². The van der Waals surface area contributed by atoms with Crippen LogP contribution in [0.5, 0.6) is 0 Å². The van der Waals surface area contributed by atoms with Gasteiger partial charge in [-0.25, -0.2) is 14.5 Å². The van der Waals surface area contributed by atoms with Crippen molar-refractivity contribution in [2.45, 2.75) is 33.6 Å². The molecule has 0 aromatic carbocycles. The highest BCUT2D eigenvalue weighted by Gasteiger charge is 2.14. The van der Waals surface area contributed by atoms with Gasteiger partial charge in [0.05, 0.1) is 10.7 Å². The van der Waals surface area contributed by atoms with E-state index in [0.29, 0.717) is 18.7 Å². The van der Waals surface area contributed by atoms with Crippen LogP contribution < -0.4 is 5.32 Å². The van der Waals surface area contributed by atoms with Crippen molar-refractivity contribution in [2.24, 2.45) is 0 Å². The molecule has 8 heteroatoms. The van der Waals surface area contributed by atoms with Gasteiger partial charge in [0.15, 0.2) is 0 Å². The second kappa shape index (κ2) is 6.41. The van der Waals surface area contributed by atoms with Crippen molar-refractivity contribution in [3.05, 3.63) is 39.4 Å². The fourth-order valence-corrected chi connectivity index (χ4v) is 3.05. The lowest BCUT2D eigenvalue weighted by Crippen LogP contribution is -2.26. The molecule has 0 aliphatic heterocycles. The molecule has 3 aromatic heterocycles. The monoisotopic (exact) mass is 330 g/mol. The Balaban J connectivity index is 1.65. The van der Waals surface area contributed by atoms with Crippen LogP contribution in [0.4, 0.5) is 0 Å². The van der Waals surface area contributed by atoms with Crippen molar-refractivity contribution in [3.8, 4) is 0 Å². The van der Waals surface area contributed by atoms with Gasteiger partial charge in [-0.2, -0.15) is 4.98 Å². The third kappa shape index (κ3) is 3.37. The van der Waals surface area contributed by atoms with Gasteiger partial charge < -0.3 is 5.32 Å². The van der Waals surface area contributed by atoms with Crippen LogP contribution in [0.15, 0.2) is 11.4 Å². The summed E-state index contributed by atoms with van der Waals surface area (Å²) in [6, 6.07) is 1.90. The molecule has 1 amide bonds. The fourth-order valence-electron chi connectivity index (χ4n) is 2.27. The Morgan fingerprint density at radius 1 is 1.30 bits per heavy atom. The van der Waals surface area contributed by atoms with E-state index < -0.39 is 0 Å². The van der Waals surface area contributed by atoms with E-state index in [1.165, 1.54) is 0 Å². The summed E-state index contributed by atoms with van der Waals surface area (Å²) in [5.41, 5.74) is 2.75. The van der Waals surface area contributed by atoms with Crippen molar-refractivity contribution < 1.29 is 4.79 Å². The maximum atomic E-state index is 12.2. The summed E-state index contributed by atoms with van der Waals surface area (Å²) in [6.45, 7) is 6.38. The number of hydrogen-bond acceptors (Lipinski definition) is 6. The quantitative estimate of drug-likeness (QED) is 0.770. The number of nitrogens with one attached hydrogen (secondary N) is 1. The molecule has 3 heterocycles. The van der Waals surface area contributed by atoms with E-state index in [1.807, 2.05) is 25.3 Å². The standard InChI is InChI=1S/C15H18N6OS/c1-4-12-18-11(8-23-12)5-6-16-14(22)13-19-15-17-9(2)7-10(3)21(15)20-13/h7-8H,4-6H2,1-3H3,(H,16,22). The summed E-state index contributed by atoms with van der Waals surface area (Å²) in [5, 5.41) is 10.2. The van der Waals surface area contributed by atoms with Crippen molar-refractivity contribution in [1.29, 1.82) is 0 Å². The van der Waals surface area contributed by atoms with Gasteiger partial charge in [0.1, 0.15) is 0 Å². The van der Waals surface area contributed by atoms with Crippen LogP contribution in [-0.4, -0.2) is 37.0 Å². The number of aryl methyl sites for hydroxylation is 3. The minimum atomic E-state index is -0.293. The first-order valence-electron chi connectivity index (χ1n) is 7.49. The summed E-state index contributed by atoms with van der Waals surface area (Å²) in [7, 11) is 0. The zero-order chi connectivity index (χ0) is 16.4. The molecule has 0 saturated carbocycles. The molecule has 0 spiro atoms. The molecule has 0 saturated heterocycles. The Morgan fingerprint density at radius 2 is 2.13 bits per heavy atom. The van der Waals surface area contributed by atoms with Crippen LogP contribution >= 0.6 is 11.3 Å². The van der Waals surface area contributed by atoms with Crippen LogP contribution in [0, 0.1) is 13.8 Å². The third-order valence-electron chi connectivity index (χ3n) is 3.39. The maximum absolute atomic E-state index is 12.2. The van der Waals surface area contributed by atoms with Crippen LogP contribution in [0.1, 0.15) is 39.6 Å². The van der Waals surface area contributed by atoms with Crippen LogP contribution in [-0.2, 0) is 12.8 Å². The molecule has 120 valence electrons. The first-order valence-corrected chi connectivity index (χ1v) is 8.37. The summed E-state index contributed by atoms with van der Waals surface area (Å²) in [4.78, 5) is 25.1. The molecule has 0 aliphatic carbocycles. The van der Waals surface area contributed by atoms with E-state index >= 15 is 0 Å². The van der Waals surface area contributed by atoms with E-state index in [9.17, 15) is 4.79 Å². The molecule has 0 bridgehead atoms. The maximum Gasteiger partial charge on any atom is 0.291 e. The Morgan fingerprint density at radius 3 is 2.87 bits per heavy atom. The Hall–Kier alpha value is -2.35. The molecule has 0 radical (unpaired) electrons. The lowest BCUT2D eigenvalue weighted by molar-refractivity contribution is 0.0944. The SMILES string of the molecule is CCc1nc(CCNC(=O)c2nc3nc(C)cc(C)n3n2)cs1. The van der Waals surface area contributed by atoms with Gasteiger partial charge in [-0.3, -0.25) is 4.79 Å². The largest absolute Gasteiger partial charge is 0.349 e. The molecule has 3 rings (SSSR count). The highest BCUT2D eigenvalue weighted by molar-refractivity contribution is 7.09. The van der Waals surface area contributed by atoms with Crippen molar-refractivity contribution >= 4 is 23.0 Å². The highest BCUT2D eigenvalue weighted by Crippen LogP contribution is 2.10. The number of hydrogen-bond donors (Lipinski definition) is 1. The molecule has 0 unspecified atom stereocenters. The van der Waals surface area contributed by atoms with Gasteiger partial charge in [0, 0.05) is 29.7 Å². The Kier molecular flexibility index (Phi) is 4.33. The lowest BCUT2D eigenvalue weighted by Gasteiger charge is -2.00. The predicted octanol–water partition coefficient (Wildman–Crippen LogP) is 1.73. The first-order chi connectivity index (χ1) is 11.1. The Bertz CT molecular complexity index is 853. The van der Waals surface area contributed by atoms with Crippen molar-refractivity contribution in [3.63, 3.8) is 0 Å². The minimum Gasteiger partial charge on any atom is -0.349 e. The van der Waals surface area contributed by atoms with Gasteiger partial charge in [0.25, 0.3) is 11.7 Å². The van der Waals surface area contributed by atoms with Gasteiger partial charge in [-0.05, 0) is 26.3 Å². The summed E-state index contributed by atoms with van der Waals surface area (Å²) < 4.78 is 1.58. The zero-order valence-electron chi connectivity index (χ0n) is 13.3. The van der Waals surface area contributed by atoms with Crippen LogP contribution in [0.3, 0.4) is 0 Å². The average Bonchev–Trinajstić information content (AvgIpc) is 3.13. The molecule has 1 N–H and O–H groups in total. The van der Waals surface area contributed by atoms with E-state index in [2.05, 4.69) is 32.3 Å². The number of amides is 1. The van der Waals surface area contributed by atoms with Crippen molar-refractivity contribution in [1.82, 2.24) is 29.9 Å². The smallest absolute Gasteiger partial charge is 0.291 e. The molecular weight excluding hydrogens is 312 g/mol. The summed E-state index contributed by atoms with van der Waals surface area (Å²) in [5.74, 6) is 0.289. The van der Waals surface area contributed by atoms with Gasteiger partial charge in [-0.1, -0.05) is 6.92 Å². The summed E-state index contributed by atoms with van der Waals surface area (Å²) >= 11 is 1.65. The summed E-state index contributed by atoms with van der Waals surface area (Å²) in [6.07, 6.45) is 1.64. The van der Waals surface area contributed by atoms with E-state index in [0.717, 1.165) is 28.5 Å². The van der Waals surface area contributed by atoms with E-state index in [-0.39, 0.29) is 11.7 Å². The second-order valence-corrected chi connectivity index (χ2v) is 6.22. The first kappa shape index (κ1) is 15.5. The van der Waals surface area contributed by atoms with Crippen LogP contribution in [0.2, 0.25) is 0 Å². The highest BCUT2D eigenvalue weighted by atomic mass is 32.1. The zero-order valence-corrected chi connectivity index (χ0v) is 14.1. The molecular formula is C15H18N6OS. The Labute approximate surface area is 137 Å². The van der Waals surface area contributed by atoms with Crippen molar-refractivity contribution in [2.75, 3.05) is 6.54 Å². The number of fused-ring (bicyclic) bond motifs is 1. The molecule has 3 aromatic rings. The predicted molar refractivity (Wildman–Crippen MR) is 87.8 cm³/mol. The molecule has 23 heavy (non-hydrogen) atoms.